The number of carboxylic acid groups (broad SMARTS) is 1. The molecule has 0 aromatic heterocycles. The number of hydrogen-bond acceptors (Lipinski definition) is 4. The highest BCUT2D eigenvalue weighted by Gasteiger charge is 2.28. The Labute approximate surface area is 158 Å². The Hall–Kier alpha value is -2.93. The largest absolute Gasteiger partial charge is 0.481 e. The van der Waals surface area contributed by atoms with E-state index in [0.717, 1.165) is 4.47 Å². The molecule has 0 spiro atoms. The highest BCUT2D eigenvalue weighted by Crippen LogP contribution is 2.29. The molecule has 6 nitrogen and oxygen atoms in total. The van der Waals surface area contributed by atoms with Gasteiger partial charge in [-0.25, -0.2) is 4.79 Å². The van der Waals surface area contributed by atoms with Crippen molar-refractivity contribution in [3.8, 4) is 5.75 Å². The Balaban J connectivity index is 1.95. The van der Waals surface area contributed by atoms with Gasteiger partial charge in [0.15, 0.2) is 6.61 Å². The molecule has 1 aliphatic rings. The number of hydrogen-bond donors (Lipinski definition) is 1. The number of nitrogens with zero attached hydrogens (tertiary/aromatic N) is 2. The predicted molar refractivity (Wildman–Crippen MR) is 102 cm³/mol. The van der Waals surface area contributed by atoms with Crippen molar-refractivity contribution in [3.63, 3.8) is 0 Å². The Morgan fingerprint density at radius 1 is 1.27 bits per heavy atom. The summed E-state index contributed by atoms with van der Waals surface area (Å²) in [6, 6.07) is 14.3. The third kappa shape index (κ3) is 3.83. The van der Waals surface area contributed by atoms with Crippen molar-refractivity contribution in [3.05, 3.63) is 64.1 Å². The lowest BCUT2D eigenvalue weighted by atomic mass is 10.1. The zero-order valence-electron chi connectivity index (χ0n) is 13.8. The molecule has 0 radical (unpaired) electrons. The number of amides is 1. The van der Waals surface area contributed by atoms with Gasteiger partial charge in [0.2, 0.25) is 0 Å². The van der Waals surface area contributed by atoms with Crippen LogP contribution < -0.4 is 9.75 Å². The van der Waals surface area contributed by atoms with E-state index in [1.807, 2.05) is 18.2 Å². The number of benzene rings is 2. The molecule has 0 bridgehead atoms. The van der Waals surface area contributed by atoms with E-state index in [1.54, 1.807) is 43.3 Å². The van der Waals surface area contributed by atoms with Gasteiger partial charge in [0.1, 0.15) is 5.75 Å². The van der Waals surface area contributed by atoms with Gasteiger partial charge < -0.3 is 9.84 Å². The van der Waals surface area contributed by atoms with Gasteiger partial charge in [-0.1, -0.05) is 34.1 Å². The minimum absolute atomic E-state index is 0.252. The van der Waals surface area contributed by atoms with Gasteiger partial charge in [-0.15, -0.1) is 0 Å². The summed E-state index contributed by atoms with van der Waals surface area (Å²) >= 11 is 3.38. The molecule has 2 aromatic rings. The molecular weight excluding hydrogens is 400 g/mol. The molecule has 26 heavy (non-hydrogen) atoms. The fourth-order valence-corrected chi connectivity index (χ4v) is 2.87. The first-order valence-electron chi connectivity index (χ1n) is 7.76. The number of carboxylic acids is 1. The number of ether oxygens (including phenoxy) is 1. The molecule has 0 unspecified atom stereocenters. The predicted octanol–water partition coefficient (Wildman–Crippen LogP) is 3.72. The smallest absolute Gasteiger partial charge is 0.341 e. The van der Waals surface area contributed by atoms with E-state index >= 15 is 0 Å². The van der Waals surface area contributed by atoms with E-state index in [0.29, 0.717) is 28.3 Å². The molecule has 0 fully saturated rings. The lowest BCUT2D eigenvalue weighted by Crippen LogP contribution is -2.21. The van der Waals surface area contributed by atoms with Crippen molar-refractivity contribution in [2.45, 2.75) is 6.92 Å². The van der Waals surface area contributed by atoms with Gasteiger partial charge in [-0.05, 0) is 43.3 Å². The first-order chi connectivity index (χ1) is 12.5. The molecule has 3 rings (SSSR count). The summed E-state index contributed by atoms with van der Waals surface area (Å²) in [7, 11) is 0. The first kappa shape index (κ1) is 17.9. The average Bonchev–Trinajstić information content (AvgIpc) is 2.90. The minimum atomic E-state index is -1.07. The van der Waals surface area contributed by atoms with Crippen LogP contribution in [0.2, 0.25) is 0 Å². The highest BCUT2D eigenvalue weighted by molar-refractivity contribution is 9.10. The lowest BCUT2D eigenvalue weighted by molar-refractivity contribution is -0.139. The molecule has 1 aliphatic heterocycles. The summed E-state index contributed by atoms with van der Waals surface area (Å²) in [4.78, 5) is 23.5. The van der Waals surface area contributed by atoms with E-state index in [1.165, 1.54) is 5.01 Å². The summed E-state index contributed by atoms with van der Waals surface area (Å²) in [5, 5.41) is 14.5. The summed E-state index contributed by atoms with van der Waals surface area (Å²) in [6.07, 6.45) is 1.66. The number of rotatable bonds is 5. The number of hydrazone groups is 1. The zero-order chi connectivity index (χ0) is 18.7. The Morgan fingerprint density at radius 3 is 2.69 bits per heavy atom. The van der Waals surface area contributed by atoms with Crippen molar-refractivity contribution in [2.24, 2.45) is 5.10 Å². The molecule has 1 N–H and O–H groups in total. The van der Waals surface area contributed by atoms with Crippen LogP contribution in [-0.4, -0.2) is 29.3 Å². The third-order valence-corrected chi connectivity index (χ3v) is 4.18. The molecule has 1 heterocycles. The monoisotopic (exact) mass is 414 g/mol. The maximum atomic E-state index is 12.8. The quantitative estimate of drug-likeness (QED) is 0.756. The van der Waals surface area contributed by atoms with E-state index < -0.39 is 12.6 Å². The van der Waals surface area contributed by atoms with E-state index in [2.05, 4.69) is 21.0 Å². The second-order valence-corrected chi connectivity index (χ2v) is 6.48. The van der Waals surface area contributed by atoms with E-state index in [9.17, 15) is 9.59 Å². The maximum absolute atomic E-state index is 12.8. The second kappa shape index (κ2) is 7.53. The standard InChI is InChI=1S/C19H15BrN2O4/c1-12-16(19(25)22(21-12)15-5-3-2-4-6-15)10-13-9-14(20)7-8-17(13)26-11-18(23)24/h2-10H,11H2,1H3,(H,23,24)/b16-10+. The molecule has 0 aliphatic carbocycles. The van der Waals surface area contributed by atoms with Gasteiger partial charge in [-0.2, -0.15) is 10.1 Å². The molecular formula is C19H15BrN2O4. The van der Waals surface area contributed by atoms with Gasteiger partial charge in [0.05, 0.1) is 17.0 Å². The number of carbonyl (C=O) groups is 2. The Bertz CT molecular complexity index is 922. The van der Waals surface area contributed by atoms with Crippen LogP contribution in [0, 0.1) is 0 Å². The number of halogens is 1. The maximum Gasteiger partial charge on any atom is 0.341 e. The second-order valence-electron chi connectivity index (χ2n) is 5.56. The van der Waals surface area contributed by atoms with E-state index in [4.69, 9.17) is 9.84 Å². The van der Waals surface area contributed by atoms with Crippen LogP contribution in [0.1, 0.15) is 12.5 Å². The van der Waals surface area contributed by atoms with Gasteiger partial charge in [0, 0.05) is 10.0 Å². The van der Waals surface area contributed by atoms with E-state index in [-0.39, 0.29) is 5.91 Å². The van der Waals surface area contributed by atoms with Crippen LogP contribution in [0.3, 0.4) is 0 Å². The van der Waals surface area contributed by atoms with Crippen molar-refractivity contribution in [2.75, 3.05) is 11.6 Å². The average molecular weight is 415 g/mol. The van der Waals surface area contributed by atoms with Crippen LogP contribution in [0.25, 0.3) is 6.08 Å². The summed E-state index contributed by atoms with van der Waals surface area (Å²) in [5.41, 5.74) is 2.26. The van der Waals surface area contributed by atoms with Crippen LogP contribution in [0.4, 0.5) is 5.69 Å². The molecule has 0 saturated heterocycles. The van der Waals surface area contributed by atoms with Crippen molar-refractivity contribution in [1.82, 2.24) is 0 Å². The fraction of sp³-hybridized carbons (Fsp3) is 0.105. The first-order valence-corrected chi connectivity index (χ1v) is 8.56. The zero-order valence-corrected chi connectivity index (χ0v) is 15.4. The lowest BCUT2D eigenvalue weighted by Gasteiger charge is -2.11. The summed E-state index contributed by atoms with van der Waals surface area (Å²) < 4.78 is 6.10. The molecule has 2 aromatic carbocycles. The fourth-order valence-electron chi connectivity index (χ4n) is 2.49. The molecule has 132 valence electrons. The van der Waals surface area contributed by atoms with Gasteiger partial charge in [-0.3, -0.25) is 4.79 Å². The molecule has 0 atom stereocenters. The molecule has 7 heteroatoms. The third-order valence-electron chi connectivity index (χ3n) is 3.69. The number of carbonyl (C=O) groups excluding carboxylic acids is 1. The number of anilines is 1. The minimum Gasteiger partial charge on any atom is -0.481 e. The molecule has 1 amide bonds. The molecule has 0 saturated carbocycles. The normalized spacial score (nSPS) is 15.3. The van der Waals surface area contributed by atoms with Gasteiger partial charge in [0.25, 0.3) is 5.91 Å². The van der Waals surface area contributed by atoms with Crippen molar-refractivity contribution < 1.29 is 19.4 Å². The number of para-hydroxylation sites is 1. The topological polar surface area (TPSA) is 79.2 Å². The van der Waals surface area contributed by atoms with Crippen molar-refractivity contribution in [1.29, 1.82) is 0 Å². The van der Waals surface area contributed by atoms with Crippen molar-refractivity contribution >= 4 is 45.3 Å². The van der Waals surface area contributed by atoms with Crippen LogP contribution >= 0.6 is 15.9 Å². The van der Waals surface area contributed by atoms with Crippen LogP contribution in [-0.2, 0) is 9.59 Å². The summed E-state index contributed by atoms with van der Waals surface area (Å²) in [6.45, 7) is 1.29. The van der Waals surface area contributed by atoms with Gasteiger partial charge >= 0.3 is 5.97 Å². The number of aliphatic carboxylic acids is 1. The SMILES string of the molecule is CC1=NN(c2ccccc2)C(=O)/C1=C/c1cc(Br)ccc1OCC(=O)O. The van der Waals surface area contributed by atoms with Crippen LogP contribution in [0.15, 0.2) is 63.7 Å². The summed E-state index contributed by atoms with van der Waals surface area (Å²) in [5.74, 6) is -0.948. The Morgan fingerprint density at radius 2 is 2.00 bits per heavy atom. The van der Waals surface area contributed by atoms with Crippen LogP contribution in [0.5, 0.6) is 5.75 Å². The Kier molecular flexibility index (Phi) is 5.18. The highest BCUT2D eigenvalue weighted by atomic mass is 79.9.